The van der Waals surface area contributed by atoms with Crippen molar-refractivity contribution in [3.8, 4) is 5.88 Å². The van der Waals surface area contributed by atoms with Crippen molar-refractivity contribution >= 4 is 45.7 Å². The molecule has 3 aromatic rings. The summed E-state index contributed by atoms with van der Waals surface area (Å²) in [4.78, 5) is 17.0. The molecule has 1 heterocycles. The van der Waals surface area contributed by atoms with E-state index in [0.717, 1.165) is 16.8 Å². The highest BCUT2D eigenvalue weighted by atomic mass is 32.1. The number of carbonyl (C=O) groups excluding carboxylic acids is 1. The third-order valence-corrected chi connectivity index (χ3v) is 4.77. The van der Waals surface area contributed by atoms with E-state index in [1.54, 1.807) is 12.2 Å². The van der Waals surface area contributed by atoms with Crippen LogP contribution in [0.25, 0.3) is 17.7 Å². The van der Waals surface area contributed by atoms with E-state index in [1.165, 1.54) is 11.3 Å². The first-order chi connectivity index (χ1) is 12.2. The monoisotopic (exact) mass is 346 g/mol. The fourth-order valence-corrected chi connectivity index (χ4v) is 3.49. The van der Waals surface area contributed by atoms with E-state index >= 15 is 0 Å². The minimum absolute atomic E-state index is 0.0796. The average Bonchev–Trinajstić information content (AvgIpc) is 2.97. The minimum Gasteiger partial charge on any atom is -0.492 e. The van der Waals surface area contributed by atoms with E-state index in [1.807, 2.05) is 60.7 Å². The molecule has 1 aromatic heterocycles. The Kier molecular flexibility index (Phi) is 3.91. The summed E-state index contributed by atoms with van der Waals surface area (Å²) in [7, 11) is 0. The number of fused-ring (bicyclic) bond motifs is 1. The molecular weight excluding hydrogens is 332 g/mol. The Hall–Kier alpha value is -3.18. The van der Waals surface area contributed by atoms with Crippen molar-refractivity contribution in [2.24, 2.45) is 0 Å². The van der Waals surface area contributed by atoms with Gasteiger partial charge in [0.1, 0.15) is 0 Å². The smallest absolute Gasteiger partial charge is 0.231 e. The number of benzene rings is 2. The third kappa shape index (κ3) is 3.09. The van der Waals surface area contributed by atoms with Gasteiger partial charge in [0.2, 0.25) is 5.88 Å². The second-order valence-electron chi connectivity index (χ2n) is 5.54. The number of allylic oxidation sites excluding steroid dienone is 2. The molecule has 0 bridgehead atoms. The van der Waals surface area contributed by atoms with E-state index in [9.17, 15) is 9.90 Å². The van der Waals surface area contributed by atoms with Crippen LogP contribution in [0.5, 0.6) is 5.88 Å². The molecule has 4 rings (SSSR count). The zero-order chi connectivity index (χ0) is 17.2. The fraction of sp³-hybridized carbons (Fsp3) is 0. The predicted octanol–water partition coefficient (Wildman–Crippen LogP) is 4.73. The standard InChI is InChI=1S/C20H14N2O2S/c23-17-11-10-13-6-4-5-9-15(13)16(17)12-18-19(24)22-20(25-18)21-14-7-2-1-3-8-14/h1-12,24H,(H,21,22)/b16-12-. The van der Waals surface area contributed by atoms with Crippen LogP contribution in [-0.2, 0) is 4.79 Å². The summed E-state index contributed by atoms with van der Waals surface area (Å²) in [6.07, 6.45) is 5.06. The summed E-state index contributed by atoms with van der Waals surface area (Å²) in [6.45, 7) is 0. The van der Waals surface area contributed by atoms with Gasteiger partial charge in [0, 0.05) is 11.3 Å². The van der Waals surface area contributed by atoms with Gasteiger partial charge in [-0.05, 0) is 35.4 Å². The van der Waals surface area contributed by atoms with Crippen molar-refractivity contribution < 1.29 is 9.90 Å². The van der Waals surface area contributed by atoms with Gasteiger partial charge in [0.05, 0.1) is 4.88 Å². The number of carbonyl (C=O) groups is 1. The zero-order valence-corrected chi connectivity index (χ0v) is 14.0. The van der Waals surface area contributed by atoms with Crippen molar-refractivity contribution in [1.82, 2.24) is 4.98 Å². The van der Waals surface area contributed by atoms with E-state index in [2.05, 4.69) is 10.3 Å². The normalized spacial score (nSPS) is 14.6. The molecule has 122 valence electrons. The Bertz CT molecular complexity index is 1000. The maximum atomic E-state index is 12.3. The molecule has 0 saturated carbocycles. The number of hydrogen-bond donors (Lipinski definition) is 2. The van der Waals surface area contributed by atoms with E-state index in [-0.39, 0.29) is 11.7 Å². The Morgan fingerprint density at radius 1 is 1.00 bits per heavy atom. The van der Waals surface area contributed by atoms with Gasteiger partial charge in [-0.25, -0.2) is 0 Å². The number of ketones is 1. The van der Waals surface area contributed by atoms with E-state index in [0.29, 0.717) is 15.6 Å². The molecule has 0 amide bonds. The van der Waals surface area contributed by atoms with Crippen LogP contribution in [0.3, 0.4) is 0 Å². The van der Waals surface area contributed by atoms with Crippen molar-refractivity contribution in [1.29, 1.82) is 0 Å². The van der Waals surface area contributed by atoms with Gasteiger partial charge < -0.3 is 10.4 Å². The molecule has 1 aliphatic carbocycles. The van der Waals surface area contributed by atoms with Crippen molar-refractivity contribution in [2.75, 3.05) is 5.32 Å². The van der Waals surface area contributed by atoms with Crippen LogP contribution in [0.15, 0.2) is 60.7 Å². The van der Waals surface area contributed by atoms with Crippen LogP contribution < -0.4 is 5.32 Å². The summed E-state index contributed by atoms with van der Waals surface area (Å²) in [6, 6.07) is 17.3. The number of nitrogens with one attached hydrogen (secondary N) is 1. The van der Waals surface area contributed by atoms with Crippen LogP contribution in [0.4, 0.5) is 10.8 Å². The number of nitrogens with zero attached hydrogens (tertiary/aromatic N) is 1. The summed E-state index contributed by atoms with van der Waals surface area (Å²) >= 11 is 1.30. The number of aromatic nitrogens is 1. The molecule has 0 saturated heterocycles. The molecule has 0 atom stereocenters. The number of aromatic hydroxyl groups is 1. The lowest BCUT2D eigenvalue weighted by atomic mass is 9.91. The van der Waals surface area contributed by atoms with Crippen LogP contribution in [0, 0.1) is 0 Å². The molecule has 4 nitrogen and oxygen atoms in total. The Balaban J connectivity index is 1.70. The SMILES string of the molecule is O=C1C=Cc2ccccc2/C1=C/c1sc(Nc2ccccc2)nc1O. The Morgan fingerprint density at radius 3 is 2.60 bits per heavy atom. The highest BCUT2D eigenvalue weighted by Gasteiger charge is 2.18. The molecule has 2 N–H and O–H groups in total. The molecule has 2 aromatic carbocycles. The zero-order valence-electron chi connectivity index (χ0n) is 13.1. The van der Waals surface area contributed by atoms with Gasteiger partial charge in [-0.15, -0.1) is 0 Å². The van der Waals surface area contributed by atoms with Gasteiger partial charge in [-0.2, -0.15) is 4.98 Å². The first kappa shape index (κ1) is 15.4. The first-order valence-electron chi connectivity index (χ1n) is 7.76. The molecule has 0 radical (unpaired) electrons. The topological polar surface area (TPSA) is 62.2 Å². The second kappa shape index (κ2) is 6.37. The highest BCUT2D eigenvalue weighted by molar-refractivity contribution is 7.16. The van der Waals surface area contributed by atoms with Crippen molar-refractivity contribution in [2.45, 2.75) is 0 Å². The number of para-hydroxylation sites is 1. The van der Waals surface area contributed by atoms with E-state index < -0.39 is 0 Å². The fourth-order valence-electron chi connectivity index (χ4n) is 2.67. The largest absolute Gasteiger partial charge is 0.492 e. The second-order valence-corrected chi connectivity index (χ2v) is 6.57. The Morgan fingerprint density at radius 2 is 1.76 bits per heavy atom. The van der Waals surface area contributed by atoms with Crippen molar-refractivity contribution in [3.05, 3.63) is 76.7 Å². The summed E-state index contributed by atoms with van der Waals surface area (Å²) in [5, 5.41) is 13.9. The van der Waals surface area contributed by atoms with Gasteiger partial charge in [-0.3, -0.25) is 4.79 Å². The predicted molar refractivity (Wildman–Crippen MR) is 102 cm³/mol. The quantitative estimate of drug-likeness (QED) is 0.673. The van der Waals surface area contributed by atoms with Gasteiger partial charge >= 0.3 is 0 Å². The van der Waals surface area contributed by atoms with Gasteiger partial charge in [0.25, 0.3) is 0 Å². The maximum absolute atomic E-state index is 12.3. The first-order valence-corrected chi connectivity index (χ1v) is 8.58. The lowest BCUT2D eigenvalue weighted by molar-refractivity contribution is -0.109. The molecule has 0 fully saturated rings. The van der Waals surface area contributed by atoms with Gasteiger partial charge in [-0.1, -0.05) is 59.9 Å². The van der Waals surface area contributed by atoms with Crippen molar-refractivity contribution in [3.63, 3.8) is 0 Å². The molecule has 5 heteroatoms. The highest BCUT2D eigenvalue weighted by Crippen LogP contribution is 2.35. The molecule has 25 heavy (non-hydrogen) atoms. The Labute approximate surface area is 148 Å². The number of hydrogen-bond acceptors (Lipinski definition) is 5. The summed E-state index contributed by atoms with van der Waals surface area (Å²) in [5.41, 5.74) is 3.29. The van der Waals surface area contributed by atoms with Gasteiger partial charge in [0.15, 0.2) is 10.9 Å². The average molecular weight is 346 g/mol. The van der Waals surface area contributed by atoms with Crippen LogP contribution in [0.2, 0.25) is 0 Å². The number of anilines is 2. The van der Waals surface area contributed by atoms with Crippen LogP contribution in [0.1, 0.15) is 16.0 Å². The molecule has 0 spiro atoms. The summed E-state index contributed by atoms with van der Waals surface area (Å²) < 4.78 is 0. The third-order valence-electron chi connectivity index (χ3n) is 3.87. The number of thiazole rings is 1. The maximum Gasteiger partial charge on any atom is 0.231 e. The van der Waals surface area contributed by atoms with Crippen LogP contribution >= 0.6 is 11.3 Å². The molecule has 0 unspecified atom stereocenters. The lowest BCUT2D eigenvalue weighted by Gasteiger charge is -2.12. The van der Waals surface area contributed by atoms with E-state index in [4.69, 9.17) is 0 Å². The summed E-state index contributed by atoms with van der Waals surface area (Å²) in [5.74, 6) is -0.167. The lowest BCUT2D eigenvalue weighted by Crippen LogP contribution is -2.04. The molecule has 1 aliphatic rings. The van der Waals surface area contributed by atoms with Crippen LogP contribution in [-0.4, -0.2) is 15.9 Å². The number of rotatable bonds is 3. The molecular formula is C20H14N2O2S. The minimum atomic E-state index is -0.0873. The molecule has 0 aliphatic heterocycles.